The van der Waals surface area contributed by atoms with Crippen molar-refractivity contribution in [2.75, 3.05) is 14.2 Å². The maximum absolute atomic E-state index is 12.7. The van der Waals surface area contributed by atoms with Crippen LogP contribution in [0.25, 0.3) is 0 Å². The summed E-state index contributed by atoms with van der Waals surface area (Å²) in [5.74, 6) is 1.22. The summed E-state index contributed by atoms with van der Waals surface area (Å²) in [6, 6.07) is 9.89. The lowest BCUT2D eigenvalue weighted by Crippen LogP contribution is -2.27. The molecule has 0 aliphatic heterocycles. The van der Waals surface area contributed by atoms with Crippen LogP contribution < -0.4 is 14.2 Å². The van der Waals surface area contributed by atoms with E-state index in [1.807, 2.05) is 6.92 Å². The van der Waals surface area contributed by atoms with Gasteiger partial charge in [-0.15, -0.1) is 0 Å². The number of benzene rings is 2. The van der Waals surface area contributed by atoms with Crippen LogP contribution in [-0.4, -0.2) is 22.6 Å². The first-order valence-corrected chi connectivity index (χ1v) is 9.56. The molecule has 0 heterocycles. The van der Waals surface area contributed by atoms with Crippen LogP contribution >= 0.6 is 15.9 Å². The van der Waals surface area contributed by atoms with E-state index in [0.29, 0.717) is 21.5 Å². The third-order valence-corrected chi connectivity index (χ3v) is 6.13. The van der Waals surface area contributed by atoms with Crippen molar-refractivity contribution in [1.29, 1.82) is 0 Å². The summed E-state index contributed by atoms with van der Waals surface area (Å²) < 4.78 is 39.1. The maximum Gasteiger partial charge on any atom is 0.242 e. The largest absolute Gasteiger partial charge is 0.497 e. The Labute approximate surface area is 151 Å². The first kappa shape index (κ1) is 18.8. The lowest BCUT2D eigenvalue weighted by Gasteiger charge is -2.19. The summed E-state index contributed by atoms with van der Waals surface area (Å²) in [5, 5.41) is 0. The zero-order chi connectivity index (χ0) is 17.9. The lowest BCUT2D eigenvalue weighted by atomic mass is 10.1. The molecule has 0 aliphatic rings. The first-order valence-electron chi connectivity index (χ1n) is 7.29. The second-order valence-electron chi connectivity index (χ2n) is 5.38. The van der Waals surface area contributed by atoms with E-state index < -0.39 is 16.1 Å². The van der Waals surface area contributed by atoms with E-state index in [-0.39, 0.29) is 4.90 Å². The van der Waals surface area contributed by atoms with Gasteiger partial charge in [0, 0.05) is 16.1 Å². The number of methoxy groups -OCH3 is 2. The highest BCUT2D eigenvalue weighted by atomic mass is 79.9. The van der Waals surface area contributed by atoms with Gasteiger partial charge in [0.05, 0.1) is 19.1 Å². The minimum absolute atomic E-state index is 0.196. The molecule has 7 heteroatoms. The van der Waals surface area contributed by atoms with Gasteiger partial charge >= 0.3 is 0 Å². The molecule has 2 aromatic rings. The summed E-state index contributed by atoms with van der Waals surface area (Å²) in [5.41, 5.74) is 1.67. The van der Waals surface area contributed by atoms with Crippen LogP contribution in [0.5, 0.6) is 11.5 Å². The second-order valence-corrected chi connectivity index (χ2v) is 7.92. The van der Waals surface area contributed by atoms with Crippen LogP contribution in [0.2, 0.25) is 0 Å². The standard InChI is InChI=1S/C17H20BrNO4S/c1-11-5-8-17(15(18)9-11)24(20,21)19-12(2)14-10-13(22-3)6-7-16(14)23-4/h5-10,12,19H,1-4H3. The Balaban J connectivity index is 2.36. The van der Waals surface area contributed by atoms with Crippen molar-refractivity contribution in [3.8, 4) is 11.5 Å². The maximum atomic E-state index is 12.7. The average molecular weight is 414 g/mol. The van der Waals surface area contributed by atoms with Gasteiger partial charge in [0.1, 0.15) is 11.5 Å². The van der Waals surface area contributed by atoms with Gasteiger partial charge in [0.2, 0.25) is 10.0 Å². The number of halogens is 1. The van der Waals surface area contributed by atoms with Crippen molar-refractivity contribution >= 4 is 26.0 Å². The van der Waals surface area contributed by atoms with Crippen LogP contribution in [0.4, 0.5) is 0 Å². The summed E-state index contributed by atoms with van der Waals surface area (Å²) in [6.07, 6.45) is 0. The van der Waals surface area contributed by atoms with E-state index in [0.717, 1.165) is 5.56 Å². The summed E-state index contributed by atoms with van der Waals surface area (Å²) in [4.78, 5) is 0.196. The van der Waals surface area contributed by atoms with E-state index >= 15 is 0 Å². The van der Waals surface area contributed by atoms with Gasteiger partial charge in [-0.05, 0) is 65.7 Å². The number of rotatable bonds is 6. The second kappa shape index (κ2) is 7.55. The van der Waals surface area contributed by atoms with Gasteiger partial charge in [-0.3, -0.25) is 0 Å². The van der Waals surface area contributed by atoms with Crippen LogP contribution in [0.3, 0.4) is 0 Å². The van der Waals surface area contributed by atoms with E-state index in [1.165, 1.54) is 0 Å². The zero-order valence-electron chi connectivity index (χ0n) is 14.0. The van der Waals surface area contributed by atoms with Crippen molar-refractivity contribution in [2.24, 2.45) is 0 Å². The third kappa shape index (κ3) is 4.09. The van der Waals surface area contributed by atoms with Crippen molar-refractivity contribution < 1.29 is 17.9 Å². The predicted octanol–water partition coefficient (Wildman–Crippen LogP) is 3.81. The number of nitrogens with one attached hydrogen (secondary N) is 1. The number of hydrogen-bond acceptors (Lipinski definition) is 4. The lowest BCUT2D eigenvalue weighted by molar-refractivity contribution is 0.395. The minimum atomic E-state index is -3.69. The molecular formula is C17H20BrNO4S. The molecule has 1 unspecified atom stereocenters. The zero-order valence-corrected chi connectivity index (χ0v) is 16.4. The van der Waals surface area contributed by atoms with Crippen molar-refractivity contribution in [2.45, 2.75) is 24.8 Å². The normalized spacial score (nSPS) is 12.7. The molecule has 1 N–H and O–H groups in total. The van der Waals surface area contributed by atoms with Crippen molar-refractivity contribution in [1.82, 2.24) is 4.72 Å². The average Bonchev–Trinajstić information content (AvgIpc) is 2.53. The van der Waals surface area contributed by atoms with Crippen molar-refractivity contribution in [3.63, 3.8) is 0 Å². The molecule has 0 spiro atoms. The molecule has 0 aliphatic carbocycles. The Morgan fingerprint density at radius 2 is 1.79 bits per heavy atom. The highest BCUT2D eigenvalue weighted by Gasteiger charge is 2.23. The number of hydrogen-bond donors (Lipinski definition) is 1. The predicted molar refractivity (Wildman–Crippen MR) is 97.2 cm³/mol. The van der Waals surface area contributed by atoms with Gasteiger partial charge < -0.3 is 9.47 Å². The monoisotopic (exact) mass is 413 g/mol. The summed E-state index contributed by atoms with van der Waals surface area (Å²) >= 11 is 3.32. The summed E-state index contributed by atoms with van der Waals surface area (Å²) in [6.45, 7) is 3.66. The smallest absolute Gasteiger partial charge is 0.242 e. The van der Waals surface area contributed by atoms with Crippen LogP contribution in [0.1, 0.15) is 24.1 Å². The molecule has 0 radical (unpaired) electrons. The van der Waals surface area contributed by atoms with Gasteiger partial charge in [-0.25, -0.2) is 13.1 Å². The fourth-order valence-electron chi connectivity index (χ4n) is 2.36. The fraction of sp³-hybridized carbons (Fsp3) is 0.294. The summed E-state index contributed by atoms with van der Waals surface area (Å²) in [7, 11) is -0.589. The van der Waals surface area contributed by atoms with E-state index in [4.69, 9.17) is 9.47 Å². The molecule has 2 aromatic carbocycles. The topological polar surface area (TPSA) is 64.6 Å². The molecule has 0 bridgehead atoms. The third-order valence-electron chi connectivity index (χ3n) is 3.61. The van der Waals surface area contributed by atoms with Crippen LogP contribution in [0.15, 0.2) is 45.8 Å². The number of sulfonamides is 1. The Bertz CT molecular complexity index is 836. The van der Waals surface area contributed by atoms with E-state index in [9.17, 15) is 8.42 Å². The Hall–Kier alpha value is -1.57. The van der Waals surface area contributed by atoms with E-state index in [2.05, 4.69) is 20.7 Å². The molecular weight excluding hydrogens is 394 g/mol. The van der Waals surface area contributed by atoms with Crippen molar-refractivity contribution in [3.05, 3.63) is 52.0 Å². The molecule has 130 valence electrons. The number of aryl methyl sites for hydroxylation is 1. The SMILES string of the molecule is COc1ccc(OC)c(C(C)NS(=O)(=O)c2ccc(C)cc2Br)c1. The van der Waals surface area contributed by atoms with Crippen LogP contribution in [-0.2, 0) is 10.0 Å². The van der Waals surface area contributed by atoms with Gasteiger partial charge in [0.25, 0.3) is 0 Å². The molecule has 0 saturated carbocycles. The molecule has 0 saturated heterocycles. The Morgan fingerprint density at radius 1 is 1.08 bits per heavy atom. The van der Waals surface area contributed by atoms with Gasteiger partial charge in [-0.2, -0.15) is 0 Å². The molecule has 0 fully saturated rings. The molecule has 5 nitrogen and oxygen atoms in total. The highest BCUT2D eigenvalue weighted by molar-refractivity contribution is 9.10. The molecule has 24 heavy (non-hydrogen) atoms. The Morgan fingerprint density at radius 3 is 2.38 bits per heavy atom. The van der Waals surface area contributed by atoms with E-state index in [1.54, 1.807) is 57.5 Å². The molecule has 2 rings (SSSR count). The minimum Gasteiger partial charge on any atom is -0.497 e. The molecule has 0 aromatic heterocycles. The van der Waals surface area contributed by atoms with Gasteiger partial charge in [-0.1, -0.05) is 6.07 Å². The first-order chi connectivity index (χ1) is 11.3. The van der Waals surface area contributed by atoms with Gasteiger partial charge in [0.15, 0.2) is 0 Å². The van der Waals surface area contributed by atoms with Crippen LogP contribution in [0, 0.1) is 6.92 Å². The highest BCUT2D eigenvalue weighted by Crippen LogP contribution is 2.31. The molecule has 1 atom stereocenters. The number of ether oxygens (including phenoxy) is 2. The Kier molecular flexibility index (Phi) is 5.90. The quantitative estimate of drug-likeness (QED) is 0.781. The fourth-order valence-corrected chi connectivity index (χ4v) is 4.78. The molecule has 0 amide bonds.